The average Bonchev–Trinajstić information content (AvgIpc) is 3.05. The maximum Gasteiger partial charge on any atom is 0.306 e. The molecular weight excluding hydrogens is 431 g/mol. The summed E-state index contributed by atoms with van der Waals surface area (Å²) in [5.74, 6) is -1.01. The molecule has 27 heavy (non-hydrogen) atoms. The number of thiazole rings is 1. The fraction of sp³-hybridized carbons (Fsp3) is 0.167. The molecule has 0 radical (unpaired) electrons. The zero-order valence-corrected chi connectivity index (χ0v) is 16.9. The SMILES string of the molecule is O=C(COC(=O)CCc1nc2ccccc2s1)Nc1cc(Cl)c(Cl)cc1Cl. The number of nitrogens with one attached hydrogen (secondary N) is 1. The predicted molar refractivity (Wildman–Crippen MR) is 109 cm³/mol. The third-order valence-electron chi connectivity index (χ3n) is 3.53. The largest absolute Gasteiger partial charge is 0.456 e. The molecule has 0 saturated carbocycles. The molecule has 0 aliphatic carbocycles. The quantitative estimate of drug-likeness (QED) is 0.411. The van der Waals surface area contributed by atoms with Gasteiger partial charge in [-0.1, -0.05) is 46.9 Å². The molecule has 0 aliphatic rings. The summed E-state index contributed by atoms with van der Waals surface area (Å²) >= 11 is 19.2. The zero-order valence-electron chi connectivity index (χ0n) is 13.8. The number of para-hydroxylation sites is 1. The highest BCUT2D eigenvalue weighted by atomic mass is 35.5. The lowest BCUT2D eigenvalue weighted by Crippen LogP contribution is -2.21. The molecule has 0 aliphatic heterocycles. The minimum absolute atomic E-state index is 0.140. The monoisotopic (exact) mass is 442 g/mol. The van der Waals surface area contributed by atoms with Crippen molar-refractivity contribution in [2.75, 3.05) is 11.9 Å². The lowest BCUT2D eigenvalue weighted by atomic mass is 10.3. The molecule has 1 N–H and O–H groups in total. The van der Waals surface area contributed by atoms with Crippen LogP contribution in [0, 0.1) is 0 Å². The molecule has 0 spiro atoms. The van der Waals surface area contributed by atoms with Crippen LogP contribution in [0.25, 0.3) is 10.2 Å². The molecule has 1 heterocycles. The van der Waals surface area contributed by atoms with Crippen molar-refractivity contribution < 1.29 is 14.3 Å². The molecule has 0 fully saturated rings. The summed E-state index contributed by atoms with van der Waals surface area (Å²) in [5, 5.41) is 4.14. The van der Waals surface area contributed by atoms with Gasteiger partial charge in [0.05, 0.1) is 42.4 Å². The second kappa shape index (κ2) is 8.89. The first-order valence-electron chi connectivity index (χ1n) is 7.87. The number of aryl methyl sites for hydroxylation is 1. The molecule has 0 atom stereocenters. The number of carbonyl (C=O) groups excluding carboxylic acids is 2. The number of carbonyl (C=O) groups is 2. The van der Waals surface area contributed by atoms with Crippen LogP contribution in [-0.2, 0) is 20.7 Å². The number of benzene rings is 2. The van der Waals surface area contributed by atoms with E-state index >= 15 is 0 Å². The van der Waals surface area contributed by atoms with E-state index in [1.165, 1.54) is 23.5 Å². The van der Waals surface area contributed by atoms with Gasteiger partial charge in [0.15, 0.2) is 6.61 Å². The van der Waals surface area contributed by atoms with Crippen molar-refractivity contribution in [2.45, 2.75) is 12.8 Å². The van der Waals surface area contributed by atoms with Crippen LogP contribution in [0.1, 0.15) is 11.4 Å². The number of aromatic nitrogens is 1. The van der Waals surface area contributed by atoms with Crippen LogP contribution in [0.3, 0.4) is 0 Å². The Bertz CT molecular complexity index is 974. The van der Waals surface area contributed by atoms with E-state index in [2.05, 4.69) is 10.3 Å². The van der Waals surface area contributed by atoms with Gasteiger partial charge in [-0.15, -0.1) is 11.3 Å². The van der Waals surface area contributed by atoms with Gasteiger partial charge in [-0.2, -0.15) is 0 Å². The summed E-state index contributed by atoms with van der Waals surface area (Å²) in [6, 6.07) is 10.6. The molecule has 2 aromatic carbocycles. The Kier molecular flexibility index (Phi) is 6.55. The number of hydrogen-bond donors (Lipinski definition) is 1. The molecule has 5 nitrogen and oxygen atoms in total. The number of halogens is 3. The van der Waals surface area contributed by atoms with Crippen LogP contribution in [0.2, 0.25) is 15.1 Å². The highest BCUT2D eigenvalue weighted by molar-refractivity contribution is 7.18. The third-order valence-corrected chi connectivity index (χ3v) is 5.66. The van der Waals surface area contributed by atoms with E-state index in [4.69, 9.17) is 39.5 Å². The molecule has 3 rings (SSSR count). The van der Waals surface area contributed by atoms with Gasteiger partial charge < -0.3 is 10.1 Å². The van der Waals surface area contributed by atoms with Crippen LogP contribution in [0.4, 0.5) is 5.69 Å². The van der Waals surface area contributed by atoms with Gasteiger partial charge in [0.1, 0.15) is 0 Å². The molecule has 1 aromatic heterocycles. The van der Waals surface area contributed by atoms with E-state index in [0.29, 0.717) is 12.1 Å². The Morgan fingerprint density at radius 3 is 2.59 bits per heavy atom. The average molecular weight is 444 g/mol. The predicted octanol–water partition coefficient (Wildman–Crippen LogP) is 5.37. The Balaban J connectivity index is 1.47. The van der Waals surface area contributed by atoms with Gasteiger partial charge >= 0.3 is 5.97 Å². The lowest BCUT2D eigenvalue weighted by molar-refractivity contribution is -0.147. The first-order chi connectivity index (χ1) is 12.9. The number of amides is 1. The Hall–Kier alpha value is -1.86. The minimum Gasteiger partial charge on any atom is -0.456 e. The van der Waals surface area contributed by atoms with E-state index in [-0.39, 0.29) is 21.5 Å². The van der Waals surface area contributed by atoms with E-state index in [9.17, 15) is 9.59 Å². The van der Waals surface area contributed by atoms with Crippen molar-refractivity contribution in [3.63, 3.8) is 0 Å². The molecular formula is C18H13Cl3N2O3S. The third kappa shape index (κ3) is 5.32. The highest BCUT2D eigenvalue weighted by Gasteiger charge is 2.13. The zero-order chi connectivity index (χ0) is 19.4. The summed E-state index contributed by atoms with van der Waals surface area (Å²) in [7, 11) is 0. The first kappa shape index (κ1) is 19.9. The normalized spacial score (nSPS) is 10.8. The van der Waals surface area contributed by atoms with E-state index in [0.717, 1.165) is 15.2 Å². The van der Waals surface area contributed by atoms with Gasteiger partial charge in [-0.25, -0.2) is 4.98 Å². The number of nitrogens with zero attached hydrogens (tertiary/aromatic N) is 1. The van der Waals surface area contributed by atoms with Gasteiger partial charge in [-0.3, -0.25) is 9.59 Å². The molecule has 3 aromatic rings. The highest BCUT2D eigenvalue weighted by Crippen LogP contribution is 2.32. The van der Waals surface area contributed by atoms with Crippen LogP contribution in [0.5, 0.6) is 0 Å². The van der Waals surface area contributed by atoms with Gasteiger partial charge in [0, 0.05) is 6.42 Å². The van der Waals surface area contributed by atoms with Crippen molar-refractivity contribution in [1.82, 2.24) is 4.98 Å². The lowest BCUT2D eigenvalue weighted by Gasteiger charge is -2.09. The van der Waals surface area contributed by atoms with Crippen LogP contribution >= 0.6 is 46.1 Å². The van der Waals surface area contributed by atoms with E-state index < -0.39 is 18.5 Å². The maximum absolute atomic E-state index is 11.9. The Morgan fingerprint density at radius 2 is 1.81 bits per heavy atom. The van der Waals surface area contributed by atoms with Gasteiger partial charge in [0.2, 0.25) is 0 Å². The smallest absolute Gasteiger partial charge is 0.306 e. The maximum atomic E-state index is 11.9. The van der Waals surface area contributed by atoms with E-state index in [1.54, 1.807) is 0 Å². The number of fused-ring (bicyclic) bond motifs is 1. The number of anilines is 1. The molecule has 1 amide bonds. The van der Waals surface area contributed by atoms with Crippen molar-refractivity contribution in [3.8, 4) is 0 Å². The fourth-order valence-electron chi connectivity index (χ4n) is 2.26. The van der Waals surface area contributed by atoms with Gasteiger partial charge in [0.25, 0.3) is 5.91 Å². The van der Waals surface area contributed by atoms with Crippen LogP contribution in [-0.4, -0.2) is 23.5 Å². The molecule has 0 unspecified atom stereocenters. The number of hydrogen-bond acceptors (Lipinski definition) is 5. The molecule has 9 heteroatoms. The molecule has 140 valence electrons. The van der Waals surface area contributed by atoms with Gasteiger partial charge in [-0.05, 0) is 24.3 Å². The summed E-state index contributed by atoms with van der Waals surface area (Å²) in [6.45, 7) is -0.421. The Morgan fingerprint density at radius 1 is 1.07 bits per heavy atom. The second-order valence-electron chi connectivity index (χ2n) is 5.53. The van der Waals surface area contributed by atoms with Crippen molar-refractivity contribution in [1.29, 1.82) is 0 Å². The number of ether oxygens (including phenoxy) is 1. The van der Waals surface area contributed by atoms with Crippen molar-refractivity contribution >= 4 is 73.9 Å². The van der Waals surface area contributed by atoms with Crippen molar-refractivity contribution in [2.24, 2.45) is 0 Å². The first-order valence-corrected chi connectivity index (χ1v) is 9.82. The summed E-state index contributed by atoms with van der Waals surface area (Å²) in [4.78, 5) is 28.2. The second-order valence-corrected chi connectivity index (χ2v) is 7.87. The fourth-order valence-corrected chi connectivity index (χ4v) is 3.82. The molecule has 0 saturated heterocycles. The van der Waals surface area contributed by atoms with E-state index in [1.807, 2.05) is 24.3 Å². The van der Waals surface area contributed by atoms with Crippen molar-refractivity contribution in [3.05, 3.63) is 56.5 Å². The minimum atomic E-state index is -0.524. The van der Waals surface area contributed by atoms with Crippen LogP contribution < -0.4 is 5.32 Å². The topological polar surface area (TPSA) is 68.3 Å². The number of esters is 1. The van der Waals surface area contributed by atoms with Crippen LogP contribution in [0.15, 0.2) is 36.4 Å². The summed E-state index contributed by atoms with van der Waals surface area (Å²) in [5.41, 5.74) is 1.20. The number of rotatable bonds is 6. The molecule has 0 bridgehead atoms. The Labute approximate surface area is 174 Å². The summed E-state index contributed by atoms with van der Waals surface area (Å²) in [6.07, 6.45) is 0.596. The standard InChI is InChI=1S/C18H13Cl3N2O3S/c19-10-7-12(21)14(8-11(10)20)22-16(24)9-26-18(25)6-5-17-23-13-3-1-2-4-15(13)27-17/h1-4,7-8H,5-6,9H2,(H,22,24). The summed E-state index contributed by atoms with van der Waals surface area (Å²) < 4.78 is 6.06.